The second-order valence-corrected chi connectivity index (χ2v) is 2.44. The maximum absolute atomic E-state index is 8.16. The predicted octanol–water partition coefficient (Wildman–Crippen LogP) is 1.42. The molecule has 0 radical (unpaired) electrons. The van der Waals surface area contributed by atoms with E-state index in [9.17, 15) is 0 Å². The van der Waals surface area contributed by atoms with Crippen molar-refractivity contribution >= 4 is 35.4 Å². The van der Waals surface area contributed by atoms with Crippen molar-refractivity contribution in [3.63, 3.8) is 0 Å². The van der Waals surface area contributed by atoms with E-state index >= 15 is 0 Å². The fraction of sp³-hybridized carbons (Fsp3) is 0. The number of aliphatic imine (C=N–C) groups is 1. The van der Waals surface area contributed by atoms with Crippen LogP contribution in [0, 0.1) is 0 Å². The third kappa shape index (κ3) is 2.30. The van der Waals surface area contributed by atoms with Crippen LogP contribution in [0.25, 0.3) is 0 Å². The largest absolute Gasteiger partial charge is 0.290 e. The van der Waals surface area contributed by atoms with Crippen molar-refractivity contribution in [2.45, 2.75) is 0 Å². The summed E-state index contributed by atoms with van der Waals surface area (Å²) in [5.41, 5.74) is 1.71. The topological polar surface area (TPSA) is 70.4 Å². The van der Waals surface area contributed by atoms with Gasteiger partial charge in [0.05, 0.1) is 6.20 Å². The maximum atomic E-state index is 8.16. The van der Waals surface area contributed by atoms with Gasteiger partial charge >= 0.3 is 0 Å². The molecule has 12 heavy (non-hydrogen) atoms. The fourth-order valence-electron chi connectivity index (χ4n) is 0.517. The summed E-state index contributed by atoms with van der Waals surface area (Å²) in [5, 5.41) is 8.42. The van der Waals surface area contributed by atoms with Crippen molar-refractivity contribution in [3.8, 4) is 0 Å². The molecule has 0 saturated heterocycles. The third-order valence-electron chi connectivity index (χ3n) is 0.927. The molecule has 0 spiro atoms. The van der Waals surface area contributed by atoms with E-state index in [1.165, 1.54) is 6.20 Å². The number of nitrogens with one attached hydrogen (secondary N) is 1. The lowest BCUT2D eigenvalue weighted by molar-refractivity contribution is 0.240. The average molecular weight is 207 g/mol. The van der Waals surface area contributed by atoms with E-state index in [0.717, 1.165) is 6.34 Å². The van der Waals surface area contributed by atoms with Gasteiger partial charge in [-0.2, -0.15) is 0 Å². The molecule has 1 aromatic rings. The van der Waals surface area contributed by atoms with Crippen molar-refractivity contribution in [2.24, 2.45) is 4.99 Å². The number of rotatable bonds is 2. The van der Waals surface area contributed by atoms with Gasteiger partial charge in [0.15, 0.2) is 11.0 Å². The third-order valence-corrected chi connectivity index (χ3v) is 1.36. The maximum Gasteiger partial charge on any atom is 0.191 e. The summed E-state index contributed by atoms with van der Waals surface area (Å²) in [6.45, 7) is 0. The molecule has 64 valence electrons. The Morgan fingerprint density at radius 1 is 1.58 bits per heavy atom. The molecule has 1 aromatic heterocycles. The Kier molecular flexibility index (Phi) is 3.21. The second kappa shape index (κ2) is 4.20. The highest BCUT2D eigenvalue weighted by Gasteiger charge is 2.00. The van der Waals surface area contributed by atoms with Crippen molar-refractivity contribution < 1.29 is 5.21 Å². The van der Waals surface area contributed by atoms with Gasteiger partial charge in [0.2, 0.25) is 0 Å². The van der Waals surface area contributed by atoms with Gasteiger partial charge in [-0.1, -0.05) is 23.2 Å². The predicted molar refractivity (Wildman–Crippen MR) is 45.1 cm³/mol. The van der Waals surface area contributed by atoms with Gasteiger partial charge in [-0.05, 0) is 0 Å². The van der Waals surface area contributed by atoms with E-state index in [1.54, 1.807) is 5.48 Å². The van der Waals surface area contributed by atoms with Crippen molar-refractivity contribution in [2.75, 3.05) is 0 Å². The summed E-state index contributed by atoms with van der Waals surface area (Å²) < 4.78 is 0. The van der Waals surface area contributed by atoms with Crippen molar-refractivity contribution in [1.29, 1.82) is 0 Å². The minimum absolute atomic E-state index is 0.0778. The van der Waals surface area contributed by atoms with Crippen LogP contribution in [0.3, 0.4) is 0 Å². The van der Waals surface area contributed by atoms with E-state index in [4.69, 9.17) is 28.4 Å². The van der Waals surface area contributed by atoms with Crippen LogP contribution in [0.2, 0.25) is 10.3 Å². The van der Waals surface area contributed by atoms with Gasteiger partial charge in [0.25, 0.3) is 0 Å². The Morgan fingerprint density at radius 2 is 2.33 bits per heavy atom. The summed E-state index contributed by atoms with van der Waals surface area (Å²) >= 11 is 11.1. The molecule has 0 unspecified atom stereocenters. The molecule has 7 heteroatoms. The van der Waals surface area contributed by atoms with Gasteiger partial charge < -0.3 is 0 Å². The number of hydrogen-bond donors (Lipinski definition) is 2. The summed E-state index contributed by atoms with van der Waals surface area (Å²) in [7, 11) is 0. The van der Waals surface area contributed by atoms with Crippen LogP contribution in [0.4, 0.5) is 5.82 Å². The highest BCUT2D eigenvalue weighted by Crippen LogP contribution is 2.20. The van der Waals surface area contributed by atoms with E-state index < -0.39 is 0 Å². The SMILES string of the molecule is ONC=Nc1ncc(Cl)nc1Cl. The molecule has 0 bridgehead atoms. The monoisotopic (exact) mass is 206 g/mol. The lowest BCUT2D eigenvalue weighted by atomic mass is 10.7. The molecule has 0 fully saturated rings. The van der Waals surface area contributed by atoms with Crippen LogP contribution in [0.15, 0.2) is 11.2 Å². The van der Waals surface area contributed by atoms with Crippen LogP contribution >= 0.6 is 23.2 Å². The fourth-order valence-corrected chi connectivity index (χ4v) is 0.882. The number of aromatic nitrogens is 2. The molecule has 0 aromatic carbocycles. The van der Waals surface area contributed by atoms with E-state index in [-0.39, 0.29) is 16.1 Å². The molecule has 1 rings (SSSR count). The molecule has 0 saturated carbocycles. The lowest BCUT2D eigenvalue weighted by Crippen LogP contribution is -2.01. The van der Waals surface area contributed by atoms with Crippen molar-refractivity contribution in [1.82, 2.24) is 15.4 Å². The van der Waals surface area contributed by atoms with Crippen LogP contribution in [0.1, 0.15) is 0 Å². The molecular formula is C5H4Cl2N4O. The molecule has 0 aliphatic heterocycles. The van der Waals surface area contributed by atoms with Gasteiger partial charge in [-0.25, -0.2) is 15.0 Å². The Bertz CT molecular complexity index is 303. The van der Waals surface area contributed by atoms with E-state index in [0.29, 0.717) is 0 Å². The number of hydroxylamine groups is 1. The van der Waals surface area contributed by atoms with Crippen molar-refractivity contribution in [3.05, 3.63) is 16.5 Å². The zero-order chi connectivity index (χ0) is 8.97. The van der Waals surface area contributed by atoms with Crippen LogP contribution in [-0.4, -0.2) is 21.5 Å². The highest BCUT2D eigenvalue weighted by molar-refractivity contribution is 6.33. The van der Waals surface area contributed by atoms with Gasteiger partial charge in [0.1, 0.15) is 11.5 Å². The lowest BCUT2D eigenvalue weighted by Gasteiger charge is -1.94. The Balaban J connectivity index is 2.94. The average Bonchev–Trinajstić information content (AvgIpc) is 2.03. The Morgan fingerprint density at radius 3 is 2.92 bits per heavy atom. The second-order valence-electron chi connectivity index (χ2n) is 1.69. The first-order valence-electron chi connectivity index (χ1n) is 2.84. The zero-order valence-electron chi connectivity index (χ0n) is 5.70. The smallest absolute Gasteiger partial charge is 0.191 e. The molecular weight excluding hydrogens is 203 g/mol. The highest BCUT2D eigenvalue weighted by atomic mass is 35.5. The van der Waals surface area contributed by atoms with Gasteiger partial charge in [0, 0.05) is 0 Å². The molecule has 5 nitrogen and oxygen atoms in total. The minimum atomic E-state index is 0.0778. The molecule has 0 aliphatic carbocycles. The number of hydrogen-bond acceptors (Lipinski definition) is 4. The molecule has 0 aliphatic rings. The normalized spacial score (nSPS) is 10.6. The summed E-state index contributed by atoms with van der Waals surface area (Å²) in [4.78, 5) is 11.0. The molecule has 1 heterocycles. The molecule has 0 amide bonds. The van der Waals surface area contributed by atoms with E-state index in [2.05, 4.69) is 15.0 Å². The van der Waals surface area contributed by atoms with Gasteiger partial charge in [-0.3, -0.25) is 10.7 Å². The Labute approximate surface area is 78.0 Å². The summed E-state index contributed by atoms with van der Waals surface area (Å²) in [6.07, 6.45) is 2.32. The first kappa shape index (κ1) is 9.18. The quantitative estimate of drug-likeness (QED) is 0.437. The van der Waals surface area contributed by atoms with E-state index in [1.807, 2.05) is 0 Å². The minimum Gasteiger partial charge on any atom is -0.290 e. The Hall–Kier alpha value is -0.910. The molecule has 0 atom stereocenters. The first-order valence-corrected chi connectivity index (χ1v) is 3.60. The number of nitrogens with zero attached hydrogens (tertiary/aromatic N) is 3. The molecule has 2 N–H and O–H groups in total. The summed E-state index contributed by atoms with van der Waals surface area (Å²) in [6, 6.07) is 0. The first-order chi connectivity index (χ1) is 5.74. The zero-order valence-corrected chi connectivity index (χ0v) is 7.21. The standard InChI is InChI=1S/C5H4Cl2N4O/c6-3-1-8-5(4(7)11-3)9-2-10-12/h1-2,12H,(H,8,9,10). The van der Waals surface area contributed by atoms with Crippen LogP contribution < -0.4 is 5.48 Å². The summed E-state index contributed by atoms with van der Waals surface area (Å²) in [5.74, 6) is 0.183. The van der Waals surface area contributed by atoms with Crippen LogP contribution in [-0.2, 0) is 0 Å². The number of halogens is 2. The van der Waals surface area contributed by atoms with Crippen LogP contribution in [0.5, 0.6) is 0 Å². The van der Waals surface area contributed by atoms with Gasteiger partial charge in [-0.15, -0.1) is 0 Å².